The van der Waals surface area contributed by atoms with E-state index in [1.54, 1.807) is 20.0 Å². The number of sulfonamides is 1. The fourth-order valence-electron chi connectivity index (χ4n) is 1.80. The predicted octanol–water partition coefficient (Wildman–Crippen LogP) is 1.34. The van der Waals surface area contributed by atoms with Crippen molar-refractivity contribution in [2.24, 2.45) is 0 Å². The molecular weight excluding hydrogens is 360 g/mol. The summed E-state index contributed by atoms with van der Waals surface area (Å²) in [5, 5.41) is 6.56. The maximum atomic E-state index is 12.4. The van der Waals surface area contributed by atoms with Crippen LogP contribution in [0.5, 0.6) is 0 Å². The zero-order chi connectivity index (χ0) is 15.5. The van der Waals surface area contributed by atoms with E-state index in [0.717, 1.165) is 16.4 Å². The maximum Gasteiger partial charge on any atom is 0.241 e. The molecular formula is C12H15BrN4O3S. The van der Waals surface area contributed by atoms with Crippen LogP contribution in [0.1, 0.15) is 17.0 Å². The molecule has 2 aromatic rings. The first-order chi connectivity index (χ1) is 9.94. The fraction of sp³-hybridized carbons (Fsp3) is 0.333. The Hall–Kier alpha value is -1.29. The lowest BCUT2D eigenvalue weighted by atomic mass is 10.1. The van der Waals surface area contributed by atoms with Crippen LogP contribution in [0.4, 0.5) is 0 Å². The Morgan fingerprint density at radius 3 is 2.71 bits per heavy atom. The summed E-state index contributed by atoms with van der Waals surface area (Å²) in [6.07, 6.45) is 1.15. The van der Waals surface area contributed by atoms with Gasteiger partial charge in [-0.1, -0.05) is 21.1 Å². The van der Waals surface area contributed by atoms with Crippen molar-refractivity contribution in [1.29, 1.82) is 0 Å². The minimum atomic E-state index is -3.66. The van der Waals surface area contributed by atoms with Crippen molar-refractivity contribution < 1.29 is 12.9 Å². The van der Waals surface area contributed by atoms with Gasteiger partial charge < -0.3 is 9.84 Å². The molecule has 0 saturated heterocycles. The number of hydrogen-bond donors (Lipinski definition) is 2. The molecule has 0 aliphatic rings. The number of aromatic nitrogens is 2. The first-order valence-corrected chi connectivity index (χ1v) is 8.40. The molecule has 0 bridgehead atoms. The van der Waals surface area contributed by atoms with Gasteiger partial charge in [0, 0.05) is 11.0 Å². The van der Waals surface area contributed by atoms with Crippen molar-refractivity contribution in [2.75, 3.05) is 7.05 Å². The highest BCUT2D eigenvalue weighted by Crippen LogP contribution is 2.25. The molecule has 0 radical (unpaired) electrons. The summed E-state index contributed by atoms with van der Waals surface area (Å²) < 4.78 is 32.6. The van der Waals surface area contributed by atoms with Gasteiger partial charge in [-0.3, -0.25) is 0 Å². The molecule has 0 aliphatic heterocycles. The van der Waals surface area contributed by atoms with Gasteiger partial charge >= 0.3 is 0 Å². The van der Waals surface area contributed by atoms with Crippen molar-refractivity contribution in [3.8, 4) is 0 Å². The van der Waals surface area contributed by atoms with Crippen LogP contribution in [0, 0.1) is 6.92 Å². The summed E-state index contributed by atoms with van der Waals surface area (Å²) >= 11 is 3.39. The average molecular weight is 375 g/mol. The van der Waals surface area contributed by atoms with Gasteiger partial charge in [-0.15, -0.1) is 0 Å². The zero-order valence-corrected chi connectivity index (χ0v) is 14.0. The topological polar surface area (TPSA) is 97.1 Å². The average Bonchev–Trinajstić information content (AvgIpc) is 2.94. The number of nitrogens with one attached hydrogen (secondary N) is 2. The van der Waals surface area contributed by atoms with Crippen LogP contribution in [0.25, 0.3) is 0 Å². The monoisotopic (exact) mass is 374 g/mol. The van der Waals surface area contributed by atoms with Gasteiger partial charge in [0.2, 0.25) is 16.4 Å². The maximum absolute atomic E-state index is 12.4. The van der Waals surface area contributed by atoms with Gasteiger partial charge in [-0.25, -0.2) is 13.1 Å². The largest absolute Gasteiger partial charge is 0.343 e. The molecule has 0 amide bonds. The summed E-state index contributed by atoms with van der Waals surface area (Å²) in [5.41, 5.74) is 1.52. The van der Waals surface area contributed by atoms with E-state index < -0.39 is 10.0 Å². The Labute approximate surface area is 131 Å². The molecule has 0 atom stereocenters. The summed E-state index contributed by atoms with van der Waals surface area (Å²) in [4.78, 5) is 4.00. The molecule has 0 spiro atoms. The molecule has 2 rings (SSSR count). The van der Waals surface area contributed by atoms with Crippen molar-refractivity contribution in [1.82, 2.24) is 20.2 Å². The van der Waals surface area contributed by atoms with Gasteiger partial charge in [-0.05, 0) is 37.2 Å². The van der Waals surface area contributed by atoms with E-state index in [1.807, 2.05) is 6.07 Å². The van der Waals surface area contributed by atoms with Crippen LogP contribution in [0.3, 0.4) is 0 Å². The Bertz CT molecular complexity index is 716. The molecule has 1 heterocycles. The second kappa shape index (κ2) is 6.65. The first-order valence-electron chi connectivity index (χ1n) is 6.12. The normalized spacial score (nSPS) is 11.8. The highest BCUT2D eigenvalue weighted by atomic mass is 79.9. The second-order valence-electron chi connectivity index (χ2n) is 4.40. The summed E-state index contributed by atoms with van der Waals surface area (Å²) in [6.45, 7) is 2.30. The van der Waals surface area contributed by atoms with Gasteiger partial charge in [0.25, 0.3) is 0 Å². The van der Waals surface area contributed by atoms with Gasteiger partial charge in [-0.2, -0.15) is 4.98 Å². The third kappa shape index (κ3) is 3.88. The van der Waals surface area contributed by atoms with E-state index in [2.05, 4.69) is 40.6 Å². The summed E-state index contributed by atoms with van der Waals surface area (Å²) in [5.74, 6) is 0.279. The Morgan fingerprint density at radius 1 is 1.33 bits per heavy atom. The Kier molecular flexibility index (Phi) is 5.09. The van der Waals surface area contributed by atoms with Crippen LogP contribution >= 0.6 is 15.9 Å². The minimum absolute atomic E-state index is 0.0217. The highest BCUT2D eigenvalue weighted by Gasteiger charge is 2.20. The second-order valence-corrected chi connectivity index (χ2v) is 6.99. The number of nitrogens with zero attached hydrogens (tertiary/aromatic N) is 2. The van der Waals surface area contributed by atoms with Crippen molar-refractivity contribution in [2.45, 2.75) is 24.9 Å². The molecule has 0 aliphatic carbocycles. The van der Waals surface area contributed by atoms with E-state index in [4.69, 9.17) is 0 Å². The predicted molar refractivity (Wildman–Crippen MR) is 80.0 cm³/mol. The SMILES string of the molecule is CNCc1cc(Br)c(C)c(S(=O)(=O)NCc2ncon2)c1. The molecule has 0 fully saturated rings. The van der Waals surface area contributed by atoms with E-state index in [1.165, 1.54) is 0 Å². The number of hydrogen-bond acceptors (Lipinski definition) is 6. The van der Waals surface area contributed by atoms with Gasteiger partial charge in [0.05, 0.1) is 11.4 Å². The molecule has 0 saturated carbocycles. The molecule has 2 N–H and O–H groups in total. The molecule has 0 unspecified atom stereocenters. The smallest absolute Gasteiger partial charge is 0.241 e. The molecule has 9 heteroatoms. The van der Waals surface area contributed by atoms with Crippen LogP contribution in [-0.2, 0) is 23.1 Å². The summed E-state index contributed by atoms with van der Waals surface area (Å²) in [6, 6.07) is 3.54. The zero-order valence-electron chi connectivity index (χ0n) is 11.6. The van der Waals surface area contributed by atoms with Crippen molar-refractivity contribution in [3.05, 3.63) is 40.0 Å². The van der Waals surface area contributed by atoms with Gasteiger partial charge in [0.15, 0.2) is 5.82 Å². The van der Waals surface area contributed by atoms with Crippen molar-refractivity contribution >= 4 is 26.0 Å². The molecule has 1 aromatic carbocycles. The highest BCUT2D eigenvalue weighted by molar-refractivity contribution is 9.10. The van der Waals surface area contributed by atoms with Crippen molar-refractivity contribution in [3.63, 3.8) is 0 Å². The van der Waals surface area contributed by atoms with Crippen LogP contribution < -0.4 is 10.0 Å². The van der Waals surface area contributed by atoms with Crippen LogP contribution in [0.15, 0.2) is 32.4 Å². The molecule has 21 heavy (non-hydrogen) atoms. The Balaban J connectivity index is 2.30. The molecule has 1 aromatic heterocycles. The minimum Gasteiger partial charge on any atom is -0.343 e. The standard InChI is InChI=1S/C12H15BrN4O3S/c1-8-10(13)3-9(5-14-2)4-11(8)21(18,19)16-6-12-15-7-20-17-12/h3-4,7,14,16H,5-6H2,1-2H3. The van der Waals surface area contributed by atoms with E-state index >= 15 is 0 Å². The third-order valence-electron chi connectivity index (χ3n) is 2.85. The summed E-state index contributed by atoms with van der Waals surface area (Å²) in [7, 11) is -1.86. The molecule has 114 valence electrons. The van der Waals surface area contributed by atoms with E-state index in [-0.39, 0.29) is 17.3 Å². The number of benzene rings is 1. The third-order valence-corrected chi connectivity index (χ3v) is 5.21. The van der Waals surface area contributed by atoms with Crippen LogP contribution in [-0.4, -0.2) is 25.6 Å². The lowest BCUT2D eigenvalue weighted by molar-refractivity contribution is 0.409. The number of rotatable bonds is 6. The quantitative estimate of drug-likeness (QED) is 0.791. The molecule has 7 nitrogen and oxygen atoms in total. The van der Waals surface area contributed by atoms with Gasteiger partial charge in [0.1, 0.15) is 0 Å². The fourth-order valence-corrected chi connectivity index (χ4v) is 3.73. The number of halogens is 1. The van der Waals surface area contributed by atoms with Crippen LogP contribution in [0.2, 0.25) is 0 Å². The van der Waals surface area contributed by atoms with E-state index in [9.17, 15) is 8.42 Å². The van der Waals surface area contributed by atoms with E-state index in [0.29, 0.717) is 12.1 Å². The first kappa shape index (κ1) is 16.1. The lowest BCUT2D eigenvalue weighted by Crippen LogP contribution is -2.25. The Morgan fingerprint density at radius 2 is 2.10 bits per heavy atom. The lowest BCUT2D eigenvalue weighted by Gasteiger charge is -2.12.